The normalized spacial score (nSPS) is 15.8. The first-order valence-electron chi connectivity index (χ1n) is 10.7. The van der Waals surface area contributed by atoms with E-state index in [2.05, 4.69) is 20.3 Å². The van der Waals surface area contributed by atoms with Crippen LogP contribution in [0.1, 0.15) is 73.9 Å². The van der Waals surface area contributed by atoms with Crippen molar-refractivity contribution in [3.63, 3.8) is 0 Å². The Kier molecular flexibility index (Phi) is 7.53. The van der Waals surface area contributed by atoms with E-state index >= 15 is 0 Å². The van der Waals surface area contributed by atoms with Crippen molar-refractivity contribution >= 4 is 11.4 Å². The van der Waals surface area contributed by atoms with E-state index in [1.807, 2.05) is 45.9 Å². The van der Waals surface area contributed by atoms with Crippen LogP contribution in [-0.4, -0.2) is 34.6 Å². The number of oxime groups is 2. The summed E-state index contributed by atoms with van der Waals surface area (Å²) in [6.07, 6.45) is -0.558. The molecule has 0 aromatic carbocycles. The van der Waals surface area contributed by atoms with Crippen molar-refractivity contribution in [3.05, 3.63) is 58.2 Å². The van der Waals surface area contributed by atoms with Gasteiger partial charge in [-0.15, -0.1) is 0 Å². The van der Waals surface area contributed by atoms with E-state index < -0.39 is 6.43 Å². The fourth-order valence-electron chi connectivity index (χ4n) is 3.48. The molecule has 6 nitrogen and oxygen atoms in total. The molecule has 2 aromatic rings. The Hall–Kier alpha value is -2.90. The highest BCUT2D eigenvalue weighted by atomic mass is 19.3. The van der Waals surface area contributed by atoms with Gasteiger partial charge in [0.2, 0.25) is 0 Å². The van der Waals surface area contributed by atoms with E-state index in [1.165, 1.54) is 6.07 Å². The van der Waals surface area contributed by atoms with Crippen LogP contribution in [0.4, 0.5) is 8.78 Å². The van der Waals surface area contributed by atoms with Gasteiger partial charge in [-0.25, -0.2) is 8.78 Å². The fraction of sp³-hybridized carbons (Fsp3) is 0.500. The lowest BCUT2D eigenvalue weighted by Gasteiger charge is -2.23. The van der Waals surface area contributed by atoms with Gasteiger partial charge in [-0.2, -0.15) is 0 Å². The molecule has 8 heteroatoms. The molecular weight excluding hydrogens is 414 g/mol. The SMILES string of the molecule is C/C(=N\OCC(C)(C)CO/N=C1\CCCc2c(C(F)F)cc(C)nc21)c1cccc(C)n1. The molecule has 1 aliphatic carbocycles. The van der Waals surface area contributed by atoms with Crippen LogP contribution in [0.25, 0.3) is 0 Å². The third kappa shape index (κ3) is 6.08. The topological polar surface area (TPSA) is 69.0 Å². The van der Waals surface area contributed by atoms with Gasteiger partial charge in [-0.3, -0.25) is 9.97 Å². The quantitative estimate of drug-likeness (QED) is 0.395. The number of halogens is 2. The highest BCUT2D eigenvalue weighted by Crippen LogP contribution is 2.31. The van der Waals surface area contributed by atoms with Crippen molar-refractivity contribution in [1.29, 1.82) is 0 Å². The predicted octanol–water partition coefficient (Wildman–Crippen LogP) is 5.56. The van der Waals surface area contributed by atoms with E-state index in [4.69, 9.17) is 9.68 Å². The zero-order chi connectivity index (χ0) is 23.3. The fourth-order valence-corrected chi connectivity index (χ4v) is 3.48. The molecule has 32 heavy (non-hydrogen) atoms. The summed E-state index contributed by atoms with van der Waals surface area (Å²) in [5, 5.41) is 8.43. The second-order valence-corrected chi connectivity index (χ2v) is 8.92. The van der Waals surface area contributed by atoms with Gasteiger partial charge < -0.3 is 9.68 Å². The molecule has 0 amide bonds. The molecule has 172 valence electrons. The third-order valence-electron chi connectivity index (χ3n) is 5.18. The predicted molar refractivity (Wildman–Crippen MR) is 120 cm³/mol. The van der Waals surface area contributed by atoms with Crippen LogP contribution < -0.4 is 0 Å². The standard InChI is InChI=1S/C24H30F2N4O2/c1-15-8-6-10-20(27-15)17(3)29-31-13-24(4,5)14-32-30-21-11-7-9-18-19(23(25)26)12-16(2)28-22(18)21/h6,8,10,12,23H,7,9,11,13-14H2,1-5H3/b29-17+,30-21+. The van der Waals surface area contributed by atoms with Gasteiger partial charge >= 0.3 is 0 Å². The van der Waals surface area contributed by atoms with Gasteiger partial charge in [0.05, 0.1) is 11.4 Å². The molecule has 0 radical (unpaired) electrons. The number of alkyl halides is 2. The summed E-state index contributed by atoms with van der Waals surface area (Å²) in [4.78, 5) is 20.0. The monoisotopic (exact) mass is 444 g/mol. The second kappa shape index (κ2) is 10.1. The highest BCUT2D eigenvalue weighted by Gasteiger charge is 2.26. The zero-order valence-corrected chi connectivity index (χ0v) is 19.3. The number of aryl methyl sites for hydroxylation is 2. The van der Waals surface area contributed by atoms with Gasteiger partial charge in [0.25, 0.3) is 6.43 Å². The molecule has 0 aliphatic heterocycles. The lowest BCUT2D eigenvalue weighted by Crippen LogP contribution is -2.25. The van der Waals surface area contributed by atoms with Crippen molar-refractivity contribution in [3.8, 4) is 0 Å². The maximum Gasteiger partial charge on any atom is 0.264 e. The van der Waals surface area contributed by atoms with E-state index in [1.54, 1.807) is 6.92 Å². The summed E-state index contributed by atoms with van der Waals surface area (Å²) in [6, 6.07) is 7.20. The Morgan fingerprint density at radius 1 is 1.09 bits per heavy atom. The second-order valence-electron chi connectivity index (χ2n) is 8.92. The summed E-state index contributed by atoms with van der Waals surface area (Å²) in [7, 11) is 0. The van der Waals surface area contributed by atoms with Crippen LogP contribution in [0.3, 0.4) is 0 Å². The molecule has 2 aromatic heterocycles. The van der Waals surface area contributed by atoms with Gasteiger partial charge in [0.15, 0.2) is 0 Å². The van der Waals surface area contributed by atoms with Gasteiger partial charge in [-0.1, -0.05) is 30.2 Å². The molecule has 1 aliphatic rings. The Morgan fingerprint density at radius 2 is 1.84 bits per heavy atom. The van der Waals surface area contributed by atoms with Crippen molar-refractivity contribution in [1.82, 2.24) is 9.97 Å². The van der Waals surface area contributed by atoms with E-state index in [-0.39, 0.29) is 17.6 Å². The Bertz CT molecular complexity index is 1020. The molecular formula is C24H30F2N4O2. The van der Waals surface area contributed by atoms with Crippen LogP contribution in [0.15, 0.2) is 34.6 Å². The Morgan fingerprint density at radius 3 is 2.56 bits per heavy atom. The van der Waals surface area contributed by atoms with Gasteiger partial charge in [-0.05, 0) is 63.8 Å². The smallest absolute Gasteiger partial charge is 0.264 e. The number of fused-ring (bicyclic) bond motifs is 1. The van der Waals surface area contributed by atoms with Gasteiger partial charge in [0, 0.05) is 22.4 Å². The molecule has 0 N–H and O–H groups in total. The number of hydrogen-bond acceptors (Lipinski definition) is 6. The molecule has 0 bridgehead atoms. The molecule has 3 rings (SSSR count). The number of rotatable bonds is 8. The number of pyridine rings is 2. The average Bonchev–Trinajstić information content (AvgIpc) is 2.73. The molecule has 0 spiro atoms. The summed E-state index contributed by atoms with van der Waals surface area (Å²) < 4.78 is 26.9. The first-order valence-corrected chi connectivity index (χ1v) is 10.7. The molecule has 0 saturated heterocycles. The summed E-state index contributed by atoms with van der Waals surface area (Å²) >= 11 is 0. The molecule has 0 unspecified atom stereocenters. The summed E-state index contributed by atoms with van der Waals surface area (Å²) in [5.41, 5.74) is 4.35. The highest BCUT2D eigenvalue weighted by molar-refractivity contribution is 6.01. The van der Waals surface area contributed by atoms with Crippen LogP contribution in [-0.2, 0) is 16.1 Å². The minimum absolute atomic E-state index is 0.0463. The molecule has 2 heterocycles. The number of aromatic nitrogens is 2. The Labute approximate surface area is 187 Å². The maximum atomic E-state index is 13.4. The summed E-state index contributed by atoms with van der Waals surface area (Å²) in [6.45, 7) is 10.1. The van der Waals surface area contributed by atoms with Crippen molar-refractivity contribution in [2.45, 2.75) is 60.3 Å². The van der Waals surface area contributed by atoms with Crippen molar-refractivity contribution in [2.75, 3.05) is 13.2 Å². The van der Waals surface area contributed by atoms with E-state index in [0.717, 1.165) is 17.8 Å². The van der Waals surface area contributed by atoms with Crippen LogP contribution in [0, 0.1) is 19.3 Å². The first kappa shape index (κ1) is 23.8. The first-order chi connectivity index (χ1) is 15.2. The lowest BCUT2D eigenvalue weighted by atomic mass is 9.90. The van der Waals surface area contributed by atoms with Crippen molar-refractivity contribution < 1.29 is 18.5 Å². The summed E-state index contributed by atoms with van der Waals surface area (Å²) in [5.74, 6) is 0. The lowest BCUT2D eigenvalue weighted by molar-refractivity contribution is -0.000162. The minimum atomic E-state index is -2.53. The number of hydrogen-bond donors (Lipinski definition) is 0. The van der Waals surface area contributed by atoms with E-state index in [0.29, 0.717) is 47.8 Å². The van der Waals surface area contributed by atoms with Crippen molar-refractivity contribution in [2.24, 2.45) is 15.7 Å². The van der Waals surface area contributed by atoms with Crippen LogP contribution in [0.2, 0.25) is 0 Å². The minimum Gasteiger partial charge on any atom is -0.395 e. The van der Waals surface area contributed by atoms with Crippen LogP contribution in [0.5, 0.6) is 0 Å². The Balaban J connectivity index is 1.62. The molecule has 0 saturated carbocycles. The molecule has 0 atom stereocenters. The van der Waals surface area contributed by atoms with Crippen LogP contribution >= 0.6 is 0 Å². The van der Waals surface area contributed by atoms with Gasteiger partial charge in [0.1, 0.15) is 24.6 Å². The molecule has 0 fully saturated rings. The third-order valence-corrected chi connectivity index (χ3v) is 5.18. The zero-order valence-electron chi connectivity index (χ0n) is 19.3. The largest absolute Gasteiger partial charge is 0.395 e. The average molecular weight is 445 g/mol. The van der Waals surface area contributed by atoms with E-state index in [9.17, 15) is 8.78 Å². The maximum absolute atomic E-state index is 13.4. The number of nitrogens with zero attached hydrogens (tertiary/aromatic N) is 4.